The molecule has 0 aliphatic heterocycles. The van der Waals surface area contributed by atoms with Crippen LogP contribution in [0.3, 0.4) is 0 Å². The Bertz CT molecular complexity index is 408. The Kier molecular flexibility index (Phi) is 4.43. The van der Waals surface area contributed by atoms with Crippen molar-refractivity contribution in [1.29, 1.82) is 0 Å². The van der Waals surface area contributed by atoms with E-state index in [4.69, 9.17) is 11.6 Å². The highest BCUT2D eigenvalue weighted by atomic mass is 35.5. The van der Waals surface area contributed by atoms with E-state index in [1.807, 2.05) is 0 Å². The van der Waals surface area contributed by atoms with Gasteiger partial charge in [-0.2, -0.15) is 4.39 Å². The Balaban J connectivity index is 3.10. The van der Waals surface area contributed by atoms with Crippen molar-refractivity contribution in [3.05, 3.63) is 40.9 Å². The van der Waals surface area contributed by atoms with E-state index in [0.717, 1.165) is 12.1 Å². The van der Waals surface area contributed by atoms with Gasteiger partial charge < -0.3 is 4.74 Å². The first-order valence-electron chi connectivity index (χ1n) is 4.54. The van der Waals surface area contributed by atoms with Gasteiger partial charge in [0.15, 0.2) is 0 Å². The van der Waals surface area contributed by atoms with Crippen molar-refractivity contribution in [2.24, 2.45) is 0 Å². The minimum absolute atomic E-state index is 0.105. The van der Waals surface area contributed by atoms with Gasteiger partial charge in [-0.15, -0.1) is 0 Å². The fourth-order valence-electron chi connectivity index (χ4n) is 1.12. The van der Waals surface area contributed by atoms with E-state index in [1.165, 1.54) is 12.1 Å². The molecule has 0 aliphatic carbocycles. The predicted molar refractivity (Wildman–Crippen MR) is 56.9 cm³/mol. The molecule has 2 nitrogen and oxygen atoms in total. The summed E-state index contributed by atoms with van der Waals surface area (Å²) in [5.74, 6) is -1.36. The summed E-state index contributed by atoms with van der Waals surface area (Å²) in [6.07, 6.45) is 0. The summed E-state index contributed by atoms with van der Waals surface area (Å²) in [5.41, 5.74) is -0.226. The first-order chi connectivity index (χ1) is 7.56. The van der Waals surface area contributed by atoms with Crippen LogP contribution in [-0.4, -0.2) is 12.6 Å². The molecule has 0 radical (unpaired) electrons. The van der Waals surface area contributed by atoms with Gasteiger partial charge in [0.25, 0.3) is 0 Å². The van der Waals surface area contributed by atoms with Gasteiger partial charge in [-0.05, 0) is 24.6 Å². The number of hydrogen-bond acceptors (Lipinski definition) is 2. The van der Waals surface area contributed by atoms with Crippen molar-refractivity contribution < 1.29 is 18.3 Å². The molecule has 0 atom stereocenters. The van der Waals surface area contributed by atoms with Crippen LogP contribution in [0.4, 0.5) is 8.78 Å². The van der Waals surface area contributed by atoms with Crippen molar-refractivity contribution in [3.63, 3.8) is 0 Å². The Morgan fingerprint density at radius 2 is 1.94 bits per heavy atom. The van der Waals surface area contributed by atoms with E-state index in [-0.39, 0.29) is 12.2 Å². The molecule has 0 saturated carbocycles. The zero-order chi connectivity index (χ0) is 12.1. The second-order valence-corrected chi connectivity index (χ2v) is 3.19. The van der Waals surface area contributed by atoms with Crippen molar-refractivity contribution >= 4 is 23.1 Å². The highest BCUT2D eigenvalue weighted by Crippen LogP contribution is 2.24. The summed E-state index contributed by atoms with van der Waals surface area (Å²) >= 11 is 5.17. The molecule has 0 aromatic heterocycles. The van der Waals surface area contributed by atoms with Crippen LogP contribution < -0.4 is 0 Å². The second-order valence-electron chi connectivity index (χ2n) is 2.86. The van der Waals surface area contributed by atoms with Gasteiger partial charge in [0.05, 0.1) is 6.61 Å². The van der Waals surface area contributed by atoms with Gasteiger partial charge in [0, 0.05) is 0 Å². The third-order valence-electron chi connectivity index (χ3n) is 1.80. The number of carbonyl (C=O) groups is 1. The zero-order valence-electron chi connectivity index (χ0n) is 8.47. The quantitative estimate of drug-likeness (QED) is 0.604. The largest absolute Gasteiger partial charge is 0.462 e. The number of benzene rings is 1. The molecule has 0 bridgehead atoms. The molecule has 1 rings (SSSR count). The molecule has 86 valence electrons. The maximum atomic E-state index is 13.0. The Hall–Kier alpha value is -1.42. The normalized spacial score (nSPS) is 12.0. The van der Waals surface area contributed by atoms with Crippen LogP contribution in [0.5, 0.6) is 0 Å². The summed E-state index contributed by atoms with van der Waals surface area (Å²) in [7, 11) is 0. The zero-order valence-corrected chi connectivity index (χ0v) is 9.22. The smallest absolute Gasteiger partial charge is 0.342 e. The summed E-state index contributed by atoms with van der Waals surface area (Å²) in [4.78, 5) is 11.4. The monoisotopic (exact) mass is 246 g/mol. The van der Waals surface area contributed by atoms with Crippen LogP contribution in [0, 0.1) is 5.82 Å². The Labute approximate surface area is 96.5 Å². The van der Waals surface area contributed by atoms with E-state index >= 15 is 0 Å². The van der Waals surface area contributed by atoms with E-state index in [0.29, 0.717) is 0 Å². The molecule has 0 saturated heterocycles. The predicted octanol–water partition coefficient (Wildman–Crippen LogP) is 3.27. The van der Waals surface area contributed by atoms with E-state index in [1.54, 1.807) is 6.92 Å². The molecule has 0 unspecified atom stereocenters. The maximum Gasteiger partial charge on any atom is 0.342 e. The van der Waals surface area contributed by atoms with Crippen LogP contribution in [-0.2, 0) is 9.53 Å². The molecule has 0 amide bonds. The highest BCUT2D eigenvalue weighted by molar-refractivity contribution is 6.37. The standard InChI is InChI=1S/C11H9ClF2O2/c1-2-16-11(15)9(10(12)14)7-3-5-8(13)6-4-7/h3-6H,2H2,1H3/b10-9+. The fraction of sp³-hybridized carbons (Fsp3) is 0.182. The van der Waals surface area contributed by atoms with Crippen LogP contribution >= 0.6 is 11.6 Å². The average molecular weight is 247 g/mol. The summed E-state index contributed by atoms with van der Waals surface area (Å²) in [6, 6.07) is 4.72. The van der Waals surface area contributed by atoms with Gasteiger partial charge in [0.1, 0.15) is 11.4 Å². The van der Waals surface area contributed by atoms with E-state index in [9.17, 15) is 13.6 Å². The molecule has 5 heteroatoms. The lowest BCUT2D eigenvalue weighted by Gasteiger charge is -2.06. The lowest BCUT2D eigenvalue weighted by atomic mass is 10.1. The summed E-state index contributed by atoms with van der Waals surface area (Å²) in [5, 5.41) is -1.18. The van der Waals surface area contributed by atoms with Gasteiger partial charge in [-0.25, -0.2) is 9.18 Å². The van der Waals surface area contributed by atoms with Crippen LogP contribution in [0.1, 0.15) is 12.5 Å². The third kappa shape index (κ3) is 3.03. The number of ether oxygens (including phenoxy) is 1. The van der Waals surface area contributed by atoms with Crippen LogP contribution in [0.25, 0.3) is 5.57 Å². The van der Waals surface area contributed by atoms with Gasteiger partial charge in [-0.3, -0.25) is 0 Å². The third-order valence-corrected chi connectivity index (χ3v) is 1.99. The van der Waals surface area contributed by atoms with Gasteiger partial charge >= 0.3 is 5.97 Å². The van der Waals surface area contributed by atoms with Crippen molar-refractivity contribution in [1.82, 2.24) is 0 Å². The molecule has 0 fully saturated rings. The van der Waals surface area contributed by atoms with Crippen molar-refractivity contribution in [2.45, 2.75) is 6.92 Å². The second kappa shape index (κ2) is 5.61. The number of halogens is 3. The Morgan fingerprint density at radius 3 is 2.38 bits per heavy atom. The van der Waals surface area contributed by atoms with Crippen LogP contribution in [0.15, 0.2) is 29.6 Å². The first-order valence-corrected chi connectivity index (χ1v) is 4.92. The Morgan fingerprint density at radius 1 is 1.38 bits per heavy atom. The summed E-state index contributed by atoms with van der Waals surface area (Å²) in [6.45, 7) is 1.69. The minimum Gasteiger partial charge on any atom is -0.462 e. The first kappa shape index (κ1) is 12.6. The lowest BCUT2D eigenvalue weighted by Crippen LogP contribution is -2.07. The van der Waals surface area contributed by atoms with Gasteiger partial charge in [0.2, 0.25) is 5.29 Å². The summed E-state index contributed by atoms with van der Waals surface area (Å²) < 4.78 is 30.3. The fourth-order valence-corrected chi connectivity index (χ4v) is 1.31. The molecular formula is C11H9ClF2O2. The van der Waals surface area contributed by atoms with E-state index < -0.39 is 22.6 Å². The number of esters is 1. The minimum atomic E-state index is -1.18. The van der Waals surface area contributed by atoms with Crippen molar-refractivity contribution in [2.75, 3.05) is 6.61 Å². The van der Waals surface area contributed by atoms with Crippen molar-refractivity contribution in [3.8, 4) is 0 Å². The van der Waals surface area contributed by atoms with Gasteiger partial charge in [-0.1, -0.05) is 23.7 Å². The molecule has 1 aromatic rings. The number of hydrogen-bond donors (Lipinski definition) is 0. The molecule has 0 spiro atoms. The van der Waals surface area contributed by atoms with Crippen LogP contribution in [0.2, 0.25) is 0 Å². The molecular weight excluding hydrogens is 238 g/mol. The number of rotatable bonds is 3. The highest BCUT2D eigenvalue weighted by Gasteiger charge is 2.18. The average Bonchev–Trinajstić information content (AvgIpc) is 2.21. The van der Waals surface area contributed by atoms with E-state index in [2.05, 4.69) is 4.74 Å². The molecule has 0 aliphatic rings. The SMILES string of the molecule is CCOC(=O)/C(=C(/F)Cl)c1ccc(F)cc1. The molecule has 0 heterocycles. The maximum absolute atomic E-state index is 13.0. The number of carbonyl (C=O) groups excluding carboxylic acids is 1. The topological polar surface area (TPSA) is 26.3 Å². The molecule has 16 heavy (non-hydrogen) atoms. The molecule has 1 aromatic carbocycles. The lowest BCUT2D eigenvalue weighted by molar-refractivity contribution is -0.136. The molecule has 0 N–H and O–H groups in total.